The highest BCUT2D eigenvalue weighted by molar-refractivity contribution is 5.83. The molecular weight excluding hydrogens is 332 g/mol. The zero-order valence-corrected chi connectivity index (χ0v) is 15.1. The van der Waals surface area contributed by atoms with E-state index in [1.165, 1.54) is 0 Å². The fourth-order valence-electron chi connectivity index (χ4n) is 3.03. The van der Waals surface area contributed by atoms with E-state index in [-0.39, 0.29) is 0 Å². The molecule has 0 amide bonds. The Balaban J connectivity index is 1.71. The van der Waals surface area contributed by atoms with Gasteiger partial charge in [0.05, 0.1) is 0 Å². The number of para-hydroxylation sites is 2. The molecule has 0 radical (unpaired) electrons. The van der Waals surface area contributed by atoms with E-state index in [4.69, 9.17) is 0 Å². The Morgan fingerprint density at radius 3 is 2.11 bits per heavy atom. The quantitative estimate of drug-likeness (QED) is 0.503. The van der Waals surface area contributed by atoms with E-state index in [0.29, 0.717) is 5.82 Å². The van der Waals surface area contributed by atoms with Crippen molar-refractivity contribution in [3.8, 4) is 11.1 Å². The second-order valence-electron chi connectivity index (χ2n) is 6.16. The molecule has 27 heavy (non-hydrogen) atoms. The molecule has 1 aromatic heterocycles. The minimum absolute atomic E-state index is 0.715. The maximum atomic E-state index is 4.55. The number of aromatic nitrogens is 2. The summed E-state index contributed by atoms with van der Waals surface area (Å²) in [5, 5.41) is 3.47. The summed E-state index contributed by atoms with van der Waals surface area (Å²) in [7, 11) is 1.99. The predicted octanol–water partition coefficient (Wildman–Crippen LogP) is 5.66. The van der Waals surface area contributed by atoms with Crippen LogP contribution >= 0.6 is 0 Å². The van der Waals surface area contributed by atoms with Crippen LogP contribution < -0.4 is 10.2 Å². The van der Waals surface area contributed by atoms with Gasteiger partial charge in [-0.25, -0.2) is 9.97 Å². The maximum absolute atomic E-state index is 4.55. The van der Waals surface area contributed by atoms with Crippen molar-refractivity contribution in [1.29, 1.82) is 0 Å². The van der Waals surface area contributed by atoms with Crippen molar-refractivity contribution in [3.63, 3.8) is 0 Å². The maximum Gasteiger partial charge on any atom is 0.176 e. The van der Waals surface area contributed by atoms with Crippen molar-refractivity contribution in [2.45, 2.75) is 0 Å². The second kappa shape index (κ2) is 7.70. The topological polar surface area (TPSA) is 41.1 Å². The van der Waals surface area contributed by atoms with Crippen molar-refractivity contribution < 1.29 is 0 Å². The molecule has 3 aromatic carbocycles. The Morgan fingerprint density at radius 2 is 1.33 bits per heavy atom. The Labute approximate surface area is 159 Å². The molecule has 0 atom stereocenters. The molecule has 0 unspecified atom stereocenters. The standard InChI is InChI=1S/C23H20N4/c1-27(19-12-6-3-7-13-19)23-22(24-16-17-25-23)26-21-15-9-8-14-20(21)18-10-4-2-5-11-18/h2-17H,1H3,(H,24,26). The molecule has 4 rings (SSSR count). The van der Waals surface area contributed by atoms with Crippen molar-refractivity contribution in [1.82, 2.24) is 9.97 Å². The van der Waals surface area contributed by atoms with Gasteiger partial charge in [0.1, 0.15) is 0 Å². The van der Waals surface area contributed by atoms with Crippen LogP contribution in [0.4, 0.5) is 23.0 Å². The van der Waals surface area contributed by atoms with Gasteiger partial charge in [0.2, 0.25) is 0 Å². The van der Waals surface area contributed by atoms with E-state index in [1.54, 1.807) is 12.4 Å². The summed E-state index contributed by atoms with van der Waals surface area (Å²) in [5.74, 6) is 1.48. The van der Waals surface area contributed by atoms with Gasteiger partial charge in [-0.2, -0.15) is 0 Å². The van der Waals surface area contributed by atoms with Crippen LogP contribution in [0.3, 0.4) is 0 Å². The van der Waals surface area contributed by atoms with E-state index in [1.807, 2.05) is 60.5 Å². The van der Waals surface area contributed by atoms with Crippen LogP contribution in [0.15, 0.2) is 97.3 Å². The fourth-order valence-corrected chi connectivity index (χ4v) is 3.03. The molecule has 1 N–H and O–H groups in total. The summed E-state index contributed by atoms with van der Waals surface area (Å²) in [4.78, 5) is 11.1. The number of nitrogens with zero attached hydrogens (tertiary/aromatic N) is 3. The lowest BCUT2D eigenvalue weighted by molar-refractivity contribution is 1.09. The van der Waals surface area contributed by atoms with Crippen molar-refractivity contribution in [3.05, 3.63) is 97.3 Å². The van der Waals surface area contributed by atoms with Crippen LogP contribution in [0.5, 0.6) is 0 Å². The predicted molar refractivity (Wildman–Crippen MR) is 112 cm³/mol. The zero-order valence-electron chi connectivity index (χ0n) is 15.1. The Bertz CT molecular complexity index is 1020. The number of nitrogens with one attached hydrogen (secondary N) is 1. The monoisotopic (exact) mass is 352 g/mol. The second-order valence-corrected chi connectivity index (χ2v) is 6.16. The molecule has 0 spiro atoms. The van der Waals surface area contributed by atoms with Crippen molar-refractivity contribution in [2.24, 2.45) is 0 Å². The van der Waals surface area contributed by atoms with Crippen LogP contribution in [0, 0.1) is 0 Å². The highest BCUT2D eigenvalue weighted by atomic mass is 15.2. The lowest BCUT2D eigenvalue weighted by Gasteiger charge is -2.21. The van der Waals surface area contributed by atoms with Crippen LogP contribution in [-0.2, 0) is 0 Å². The van der Waals surface area contributed by atoms with Gasteiger partial charge in [-0.3, -0.25) is 0 Å². The number of rotatable bonds is 5. The summed E-state index contributed by atoms with van der Waals surface area (Å²) in [6, 6.07) is 28.7. The first-order chi connectivity index (χ1) is 13.3. The highest BCUT2D eigenvalue weighted by Crippen LogP contribution is 2.33. The van der Waals surface area contributed by atoms with Crippen LogP contribution in [0.1, 0.15) is 0 Å². The summed E-state index contributed by atoms with van der Waals surface area (Å²) < 4.78 is 0. The SMILES string of the molecule is CN(c1ccccc1)c1nccnc1Nc1ccccc1-c1ccccc1. The van der Waals surface area contributed by atoms with Gasteiger partial charge >= 0.3 is 0 Å². The molecule has 4 aromatic rings. The first-order valence-electron chi connectivity index (χ1n) is 8.84. The number of benzene rings is 3. The summed E-state index contributed by atoms with van der Waals surface area (Å²) in [5.41, 5.74) is 4.32. The Morgan fingerprint density at radius 1 is 0.704 bits per heavy atom. The third-order valence-electron chi connectivity index (χ3n) is 4.41. The third-order valence-corrected chi connectivity index (χ3v) is 4.41. The molecule has 4 heteroatoms. The van der Waals surface area contributed by atoms with E-state index < -0.39 is 0 Å². The van der Waals surface area contributed by atoms with E-state index in [2.05, 4.69) is 51.7 Å². The molecule has 4 nitrogen and oxygen atoms in total. The minimum Gasteiger partial charge on any atom is -0.337 e. The molecule has 0 aliphatic carbocycles. The van der Waals surface area contributed by atoms with Gasteiger partial charge in [-0.15, -0.1) is 0 Å². The Hall–Kier alpha value is -3.66. The third kappa shape index (κ3) is 3.65. The largest absolute Gasteiger partial charge is 0.337 e. The smallest absolute Gasteiger partial charge is 0.176 e. The van der Waals surface area contributed by atoms with Gasteiger partial charge in [-0.05, 0) is 23.8 Å². The average molecular weight is 352 g/mol. The lowest BCUT2D eigenvalue weighted by Crippen LogP contribution is -2.14. The van der Waals surface area contributed by atoms with Gasteiger partial charge < -0.3 is 10.2 Å². The summed E-state index contributed by atoms with van der Waals surface area (Å²) in [6.45, 7) is 0. The highest BCUT2D eigenvalue weighted by Gasteiger charge is 2.13. The number of hydrogen-bond donors (Lipinski definition) is 1. The van der Waals surface area contributed by atoms with Gasteiger partial charge in [0.25, 0.3) is 0 Å². The molecule has 0 aliphatic rings. The fraction of sp³-hybridized carbons (Fsp3) is 0.0435. The van der Waals surface area contributed by atoms with Gasteiger partial charge in [-0.1, -0.05) is 66.7 Å². The van der Waals surface area contributed by atoms with E-state index in [0.717, 1.165) is 28.3 Å². The average Bonchev–Trinajstić information content (AvgIpc) is 2.75. The van der Waals surface area contributed by atoms with Gasteiger partial charge in [0.15, 0.2) is 11.6 Å². The van der Waals surface area contributed by atoms with E-state index >= 15 is 0 Å². The normalized spacial score (nSPS) is 10.4. The Kier molecular flexibility index (Phi) is 4.79. The first-order valence-corrected chi connectivity index (χ1v) is 8.84. The summed E-state index contributed by atoms with van der Waals surface area (Å²) >= 11 is 0. The minimum atomic E-state index is 0.715. The molecule has 132 valence electrons. The van der Waals surface area contributed by atoms with Gasteiger partial charge in [0, 0.05) is 36.4 Å². The molecule has 0 aliphatic heterocycles. The molecule has 0 saturated carbocycles. The molecule has 0 saturated heterocycles. The van der Waals surface area contributed by atoms with Crippen molar-refractivity contribution in [2.75, 3.05) is 17.3 Å². The molecule has 0 fully saturated rings. The van der Waals surface area contributed by atoms with Crippen molar-refractivity contribution >= 4 is 23.0 Å². The van der Waals surface area contributed by atoms with E-state index in [9.17, 15) is 0 Å². The zero-order chi connectivity index (χ0) is 18.5. The molecule has 1 heterocycles. The molecular formula is C23H20N4. The first kappa shape index (κ1) is 16.8. The summed E-state index contributed by atoms with van der Waals surface area (Å²) in [6.07, 6.45) is 3.42. The number of hydrogen-bond acceptors (Lipinski definition) is 4. The van der Waals surface area contributed by atoms with Crippen LogP contribution in [-0.4, -0.2) is 17.0 Å². The molecule has 0 bridgehead atoms. The number of anilines is 4. The van der Waals surface area contributed by atoms with Crippen LogP contribution in [0.25, 0.3) is 11.1 Å². The lowest BCUT2D eigenvalue weighted by atomic mass is 10.0. The van der Waals surface area contributed by atoms with Crippen LogP contribution in [0.2, 0.25) is 0 Å².